The molecule has 0 unspecified atom stereocenters. The average molecular weight is 680 g/mol. The van der Waals surface area contributed by atoms with E-state index in [1.54, 1.807) is 11.3 Å². The van der Waals surface area contributed by atoms with Gasteiger partial charge in [-0.05, 0) is 92.3 Å². The Morgan fingerprint density at radius 3 is 1.85 bits per heavy atom. The second-order valence-electron chi connectivity index (χ2n) is 13.6. The maximum atomic E-state index is 6.35. The summed E-state index contributed by atoms with van der Waals surface area (Å²) in [7, 11) is 0. The molecule has 0 spiro atoms. The van der Waals surface area contributed by atoms with Crippen LogP contribution in [0, 0.1) is 0 Å². The fraction of sp³-hybridized carbons (Fsp3) is 0. The molecule has 0 saturated carbocycles. The van der Waals surface area contributed by atoms with Crippen molar-refractivity contribution in [3.63, 3.8) is 0 Å². The van der Waals surface area contributed by atoms with Crippen molar-refractivity contribution >= 4 is 75.0 Å². The Balaban J connectivity index is 1.10. The number of rotatable bonds is 3. The van der Waals surface area contributed by atoms with Gasteiger partial charge in [0.1, 0.15) is 11.2 Å². The van der Waals surface area contributed by atoms with Crippen LogP contribution in [0.3, 0.4) is 0 Å². The molecule has 8 aromatic carbocycles. The fourth-order valence-corrected chi connectivity index (χ4v) is 9.37. The van der Waals surface area contributed by atoms with Gasteiger partial charge in [-0.2, -0.15) is 0 Å². The van der Waals surface area contributed by atoms with Crippen LogP contribution in [0.5, 0.6) is 0 Å². The Morgan fingerprint density at radius 2 is 0.981 bits per heavy atom. The summed E-state index contributed by atoms with van der Waals surface area (Å²) in [5.74, 6) is 1.92. The van der Waals surface area contributed by atoms with E-state index in [2.05, 4.69) is 146 Å². The number of benzene rings is 8. The normalized spacial score (nSPS) is 12.2. The number of furan rings is 1. The van der Waals surface area contributed by atoms with Gasteiger partial charge in [0.25, 0.3) is 0 Å². The summed E-state index contributed by atoms with van der Waals surface area (Å²) in [4.78, 5) is 15.7. The Labute approximate surface area is 301 Å². The first-order valence-corrected chi connectivity index (χ1v) is 18.2. The molecular formula is C47H25N3OS. The lowest BCUT2D eigenvalue weighted by molar-refractivity contribution is 0.669. The summed E-state index contributed by atoms with van der Waals surface area (Å²) in [5, 5.41) is 9.35. The second-order valence-corrected chi connectivity index (χ2v) is 14.6. The maximum absolute atomic E-state index is 6.35. The Bertz CT molecular complexity index is 3290. The van der Waals surface area contributed by atoms with Crippen LogP contribution in [0.15, 0.2) is 156 Å². The van der Waals surface area contributed by atoms with E-state index in [-0.39, 0.29) is 0 Å². The number of hydrogen-bond donors (Lipinski definition) is 0. The SMILES string of the molecule is c1ccc2c(c1)-c1cccc3c(-c4nc(-c5ccc6c(c5)sc5ccccc56)nc(-c5ccc6oc7cc8ccccc8cc7c6c5)n4)ccc-2c13. The van der Waals surface area contributed by atoms with Gasteiger partial charge in [0.15, 0.2) is 17.5 Å². The number of thiophene rings is 1. The lowest BCUT2D eigenvalue weighted by Crippen LogP contribution is -2.00. The lowest BCUT2D eigenvalue weighted by atomic mass is 9.98. The van der Waals surface area contributed by atoms with Gasteiger partial charge >= 0.3 is 0 Å². The molecule has 0 bridgehead atoms. The first kappa shape index (κ1) is 28.1. The molecular weight excluding hydrogens is 655 g/mol. The van der Waals surface area contributed by atoms with Crippen molar-refractivity contribution in [2.24, 2.45) is 0 Å². The van der Waals surface area contributed by atoms with Gasteiger partial charge in [0.2, 0.25) is 0 Å². The van der Waals surface area contributed by atoms with Crippen molar-refractivity contribution in [3.05, 3.63) is 152 Å². The molecule has 0 N–H and O–H groups in total. The average Bonchev–Trinajstić information content (AvgIpc) is 3.86. The van der Waals surface area contributed by atoms with E-state index in [0.29, 0.717) is 17.5 Å². The molecule has 240 valence electrons. The highest BCUT2D eigenvalue weighted by atomic mass is 32.1. The fourth-order valence-electron chi connectivity index (χ4n) is 8.22. The minimum atomic E-state index is 0.625. The largest absolute Gasteiger partial charge is 0.456 e. The van der Waals surface area contributed by atoms with E-state index in [0.717, 1.165) is 49.4 Å². The van der Waals surface area contributed by atoms with Crippen molar-refractivity contribution in [1.29, 1.82) is 0 Å². The molecule has 12 rings (SSSR count). The summed E-state index contributed by atoms with van der Waals surface area (Å²) in [6.45, 7) is 0. The van der Waals surface area contributed by atoms with Crippen LogP contribution < -0.4 is 0 Å². The van der Waals surface area contributed by atoms with Gasteiger partial charge in [0, 0.05) is 47.6 Å². The van der Waals surface area contributed by atoms with Crippen LogP contribution in [-0.4, -0.2) is 15.0 Å². The van der Waals surface area contributed by atoms with E-state index >= 15 is 0 Å². The van der Waals surface area contributed by atoms with Crippen LogP contribution in [0.4, 0.5) is 0 Å². The third-order valence-electron chi connectivity index (χ3n) is 10.7. The van der Waals surface area contributed by atoms with Crippen molar-refractivity contribution in [1.82, 2.24) is 15.0 Å². The van der Waals surface area contributed by atoms with E-state index < -0.39 is 0 Å². The van der Waals surface area contributed by atoms with E-state index in [4.69, 9.17) is 19.4 Å². The predicted octanol–water partition coefficient (Wildman–Crippen LogP) is 13.1. The minimum Gasteiger partial charge on any atom is -0.456 e. The Morgan fingerprint density at radius 1 is 0.365 bits per heavy atom. The highest BCUT2D eigenvalue weighted by Crippen LogP contribution is 2.49. The monoisotopic (exact) mass is 679 g/mol. The number of nitrogens with zero attached hydrogens (tertiary/aromatic N) is 3. The topological polar surface area (TPSA) is 51.8 Å². The molecule has 0 radical (unpaired) electrons. The van der Waals surface area contributed by atoms with Crippen LogP contribution in [-0.2, 0) is 0 Å². The molecule has 3 aromatic heterocycles. The van der Waals surface area contributed by atoms with Crippen LogP contribution >= 0.6 is 11.3 Å². The summed E-state index contributed by atoms with van der Waals surface area (Å²) in [5.41, 5.74) is 9.60. The molecule has 1 aliphatic rings. The lowest BCUT2D eigenvalue weighted by Gasteiger charge is -2.12. The zero-order valence-electron chi connectivity index (χ0n) is 27.6. The highest BCUT2D eigenvalue weighted by Gasteiger charge is 2.24. The number of aromatic nitrogens is 3. The molecule has 0 amide bonds. The van der Waals surface area contributed by atoms with Crippen molar-refractivity contribution < 1.29 is 4.42 Å². The van der Waals surface area contributed by atoms with Gasteiger partial charge in [-0.25, -0.2) is 15.0 Å². The first-order valence-electron chi connectivity index (χ1n) is 17.4. The van der Waals surface area contributed by atoms with Gasteiger partial charge in [0.05, 0.1) is 0 Å². The molecule has 0 atom stereocenters. The van der Waals surface area contributed by atoms with Crippen molar-refractivity contribution in [2.75, 3.05) is 0 Å². The molecule has 0 fully saturated rings. The molecule has 52 heavy (non-hydrogen) atoms. The summed E-state index contributed by atoms with van der Waals surface area (Å²) in [6.07, 6.45) is 0. The molecule has 0 aliphatic heterocycles. The van der Waals surface area contributed by atoms with Gasteiger partial charge in [-0.3, -0.25) is 0 Å². The van der Waals surface area contributed by atoms with Crippen LogP contribution in [0.2, 0.25) is 0 Å². The smallest absolute Gasteiger partial charge is 0.164 e. The van der Waals surface area contributed by atoms with Gasteiger partial charge in [-0.15, -0.1) is 11.3 Å². The number of hydrogen-bond acceptors (Lipinski definition) is 5. The molecule has 1 aliphatic carbocycles. The van der Waals surface area contributed by atoms with E-state index in [9.17, 15) is 0 Å². The standard InChI is InChI=1S/C47H25N3OS/c1-2-9-27-24-41-39(22-26(27)8-1)38-23-28(17-21-40(38)51-41)45-48-46(29-16-18-33-32-12-5-6-15-42(32)52-43(33)25-29)50-47(49-45)37-20-19-36-31-11-4-3-10-30(31)34-13-7-14-35(37)44(34)36/h1-25H. The van der Waals surface area contributed by atoms with Crippen LogP contribution in [0.25, 0.3) is 120 Å². The van der Waals surface area contributed by atoms with Gasteiger partial charge < -0.3 is 4.42 Å². The quantitative estimate of drug-likeness (QED) is 0.186. The summed E-state index contributed by atoms with van der Waals surface area (Å²) >= 11 is 1.80. The molecule has 0 saturated heterocycles. The maximum Gasteiger partial charge on any atom is 0.164 e. The minimum absolute atomic E-state index is 0.625. The number of fused-ring (bicyclic) bond motifs is 10. The third kappa shape index (κ3) is 3.99. The third-order valence-corrected chi connectivity index (χ3v) is 11.8. The zero-order chi connectivity index (χ0) is 33.9. The molecule has 11 aromatic rings. The summed E-state index contributed by atoms with van der Waals surface area (Å²) < 4.78 is 8.84. The van der Waals surface area contributed by atoms with Crippen molar-refractivity contribution in [3.8, 4) is 56.4 Å². The highest BCUT2D eigenvalue weighted by molar-refractivity contribution is 7.25. The first-order chi connectivity index (χ1) is 25.7. The molecule has 3 heterocycles. The predicted molar refractivity (Wildman–Crippen MR) is 216 cm³/mol. The zero-order valence-corrected chi connectivity index (χ0v) is 28.4. The summed E-state index contributed by atoms with van der Waals surface area (Å²) in [6, 6.07) is 53.8. The molecule has 5 heteroatoms. The van der Waals surface area contributed by atoms with E-state index in [1.165, 1.54) is 53.2 Å². The Hall–Kier alpha value is -6.69. The Kier molecular flexibility index (Phi) is 5.62. The second kappa shape index (κ2) is 10.4. The van der Waals surface area contributed by atoms with Crippen molar-refractivity contribution in [2.45, 2.75) is 0 Å². The molecule has 4 nitrogen and oxygen atoms in total. The van der Waals surface area contributed by atoms with Crippen LogP contribution in [0.1, 0.15) is 0 Å². The van der Waals surface area contributed by atoms with E-state index in [1.807, 2.05) is 6.07 Å². The van der Waals surface area contributed by atoms with Gasteiger partial charge in [-0.1, -0.05) is 103 Å².